The van der Waals surface area contributed by atoms with Gasteiger partial charge in [-0.05, 0) is 18.8 Å². The van der Waals surface area contributed by atoms with Crippen LogP contribution in [-0.2, 0) is 9.53 Å². The molecule has 2 atom stereocenters. The third-order valence-electron chi connectivity index (χ3n) is 3.87. The molecule has 2 rings (SSSR count). The molecule has 0 aliphatic carbocycles. The molecule has 5 heteroatoms. The molecule has 4 nitrogen and oxygen atoms in total. The monoisotopic (exact) mass is 276 g/mol. The Morgan fingerprint density at radius 2 is 2.33 bits per heavy atom. The van der Waals surface area contributed by atoms with E-state index in [0.717, 1.165) is 26.2 Å². The number of amides is 1. The van der Waals surface area contributed by atoms with Crippen LogP contribution in [0.5, 0.6) is 0 Å². The molecule has 106 valence electrons. The lowest BCUT2D eigenvalue weighted by Crippen LogP contribution is -2.47. The average Bonchev–Trinajstić information content (AvgIpc) is 2.40. The SMILES string of the molecule is CCC1CCCN(C(=O)CC2COCCN2)C1.Cl. The second-order valence-corrected chi connectivity index (χ2v) is 5.19. The van der Waals surface area contributed by atoms with E-state index in [4.69, 9.17) is 4.74 Å². The maximum absolute atomic E-state index is 12.2. The summed E-state index contributed by atoms with van der Waals surface area (Å²) < 4.78 is 5.38. The fraction of sp³-hybridized carbons (Fsp3) is 0.923. The number of hydrogen-bond acceptors (Lipinski definition) is 3. The van der Waals surface area contributed by atoms with E-state index >= 15 is 0 Å². The van der Waals surface area contributed by atoms with E-state index in [2.05, 4.69) is 12.2 Å². The fourth-order valence-corrected chi connectivity index (χ4v) is 2.72. The summed E-state index contributed by atoms with van der Waals surface area (Å²) in [6, 6.07) is 0.221. The smallest absolute Gasteiger partial charge is 0.224 e. The molecule has 18 heavy (non-hydrogen) atoms. The minimum absolute atomic E-state index is 0. The summed E-state index contributed by atoms with van der Waals surface area (Å²) in [5.41, 5.74) is 0. The van der Waals surface area contributed by atoms with Gasteiger partial charge in [0.1, 0.15) is 0 Å². The highest BCUT2D eigenvalue weighted by molar-refractivity contribution is 5.85. The largest absolute Gasteiger partial charge is 0.378 e. The first-order valence-electron chi connectivity index (χ1n) is 6.88. The molecule has 0 aromatic rings. The lowest BCUT2D eigenvalue weighted by molar-refractivity contribution is -0.134. The van der Waals surface area contributed by atoms with E-state index in [1.807, 2.05) is 4.90 Å². The molecule has 0 saturated carbocycles. The molecule has 2 unspecified atom stereocenters. The van der Waals surface area contributed by atoms with E-state index in [1.165, 1.54) is 19.3 Å². The molecule has 0 spiro atoms. The minimum atomic E-state index is 0. The summed E-state index contributed by atoms with van der Waals surface area (Å²) >= 11 is 0. The van der Waals surface area contributed by atoms with E-state index in [9.17, 15) is 4.79 Å². The van der Waals surface area contributed by atoms with Crippen molar-refractivity contribution in [2.24, 2.45) is 5.92 Å². The Labute approximate surface area is 116 Å². The number of ether oxygens (including phenoxy) is 1. The number of rotatable bonds is 3. The average molecular weight is 277 g/mol. The number of carbonyl (C=O) groups is 1. The third-order valence-corrected chi connectivity index (χ3v) is 3.87. The number of hydrogen-bond donors (Lipinski definition) is 1. The summed E-state index contributed by atoms with van der Waals surface area (Å²) in [5, 5.41) is 3.34. The highest BCUT2D eigenvalue weighted by Crippen LogP contribution is 2.20. The first-order valence-corrected chi connectivity index (χ1v) is 6.88. The first kappa shape index (κ1) is 15.7. The van der Waals surface area contributed by atoms with Crippen molar-refractivity contribution >= 4 is 18.3 Å². The maximum atomic E-state index is 12.2. The van der Waals surface area contributed by atoms with Gasteiger partial charge in [0.2, 0.25) is 5.91 Å². The molecule has 2 aliphatic heterocycles. The number of halogens is 1. The van der Waals surface area contributed by atoms with Gasteiger partial charge in [0.15, 0.2) is 0 Å². The Morgan fingerprint density at radius 1 is 1.50 bits per heavy atom. The quantitative estimate of drug-likeness (QED) is 0.848. The van der Waals surface area contributed by atoms with Gasteiger partial charge in [0, 0.05) is 32.1 Å². The molecule has 0 bridgehead atoms. The Balaban J connectivity index is 0.00000162. The van der Waals surface area contributed by atoms with E-state index in [1.54, 1.807) is 0 Å². The zero-order chi connectivity index (χ0) is 12.1. The van der Waals surface area contributed by atoms with Gasteiger partial charge in [-0.1, -0.05) is 13.3 Å². The predicted molar refractivity (Wildman–Crippen MR) is 74.1 cm³/mol. The summed E-state index contributed by atoms with van der Waals surface area (Å²) in [7, 11) is 0. The molecular weight excluding hydrogens is 252 g/mol. The van der Waals surface area contributed by atoms with Crippen LogP contribution in [-0.4, -0.2) is 49.7 Å². The molecule has 0 radical (unpaired) electrons. The topological polar surface area (TPSA) is 41.6 Å². The number of nitrogens with one attached hydrogen (secondary N) is 1. The van der Waals surface area contributed by atoms with Crippen molar-refractivity contribution in [2.75, 3.05) is 32.8 Å². The molecule has 2 heterocycles. The van der Waals surface area contributed by atoms with Gasteiger partial charge < -0.3 is 15.0 Å². The highest BCUT2D eigenvalue weighted by atomic mass is 35.5. The van der Waals surface area contributed by atoms with Crippen LogP contribution in [0.2, 0.25) is 0 Å². The van der Waals surface area contributed by atoms with Crippen LogP contribution in [0.3, 0.4) is 0 Å². The predicted octanol–water partition coefficient (Wildman–Crippen LogP) is 1.44. The van der Waals surface area contributed by atoms with Crippen LogP contribution in [0.4, 0.5) is 0 Å². The molecule has 1 amide bonds. The second-order valence-electron chi connectivity index (χ2n) is 5.19. The zero-order valence-electron chi connectivity index (χ0n) is 11.2. The van der Waals surface area contributed by atoms with Crippen LogP contribution >= 0.6 is 12.4 Å². The molecule has 2 aliphatic rings. The van der Waals surface area contributed by atoms with Crippen LogP contribution in [0.1, 0.15) is 32.6 Å². The van der Waals surface area contributed by atoms with E-state index < -0.39 is 0 Å². The normalized spacial score (nSPS) is 28.6. The number of nitrogens with zero attached hydrogens (tertiary/aromatic N) is 1. The number of likely N-dealkylation sites (tertiary alicyclic amines) is 1. The van der Waals surface area contributed by atoms with Gasteiger partial charge in [0.05, 0.1) is 13.2 Å². The Bertz CT molecular complexity index is 257. The third kappa shape index (κ3) is 4.41. The number of morpholine rings is 1. The highest BCUT2D eigenvalue weighted by Gasteiger charge is 2.25. The van der Waals surface area contributed by atoms with Crippen LogP contribution < -0.4 is 5.32 Å². The number of carbonyl (C=O) groups excluding carboxylic acids is 1. The van der Waals surface area contributed by atoms with E-state index in [-0.39, 0.29) is 18.4 Å². The Hall–Kier alpha value is -0.320. The van der Waals surface area contributed by atoms with Gasteiger partial charge in [-0.2, -0.15) is 0 Å². The van der Waals surface area contributed by atoms with Gasteiger partial charge in [-0.25, -0.2) is 0 Å². The molecule has 0 aromatic carbocycles. The first-order chi connectivity index (χ1) is 8.29. The lowest BCUT2D eigenvalue weighted by atomic mass is 9.95. The molecule has 2 fully saturated rings. The van der Waals surface area contributed by atoms with Crippen molar-refractivity contribution in [2.45, 2.75) is 38.6 Å². The lowest BCUT2D eigenvalue weighted by Gasteiger charge is -2.34. The Kier molecular flexibility index (Phi) is 6.97. The van der Waals surface area contributed by atoms with Crippen LogP contribution in [0.15, 0.2) is 0 Å². The Morgan fingerprint density at radius 3 is 3.00 bits per heavy atom. The maximum Gasteiger partial charge on any atom is 0.224 e. The zero-order valence-corrected chi connectivity index (χ0v) is 12.0. The van der Waals surface area contributed by atoms with Crippen molar-refractivity contribution in [3.05, 3.63) is 0 Å². The van der Waals surface area contributed by atoms with Crippen LogP contribution in [0.25, 0.3) is 0 Å². The molecule has 2 saturated heterocycles. The van der Waals surface area contributed by atoms with Crippen LogP contribution in [0, 0.1) is 5.92 Å². The van der Waals surface area contributed by atoms with Crippen molar-refractivity contribution in [1.82, 2.24) is 10.2 Å². The summed E-state index contributed by atoms with van der Waals surface area (Å²) in [5.74, 6) is 1.01. The fourth-order valence-electron chi connectivity index (χ4n) is 2.72. The second kappa shape index (κ2) is 7.97. The van der Waals surface area contributed by atoms with Gasteiger partial charge in [0.25, 0.3) is 0 Å². The summed E-state index contributed by atoms with van der Waals surface area (Å²) in [4.78, 5) is 14.2. The minimum Gasteiger partial charge on any atom is -0.378 e. The molecule has 0 aromatic heterocycles. The summed E-state index contributed by atoms with van der Waals surface area (Å²) in [6.07, 6.45) is 4.23. The van der Waals surface area contributed by atoms with Crippen molar-refractivity contribution in [1.29, 1.82) is 0 Å². The summed E-state index contributed by atoms with van der Waals surface area (Å²) in [6.45, 7) is 6.44. The van der Waals surface area contributed by atoms with Crippen molar-refractivity contribution < 1.29 is 9.53 Å². The van der Waals surface area contributed by atoms with Gasteiger partial charge in [-0.3, -0.25) is 4.79 Å². The standard InChI is InChI=1S/C13H24N2O2.ClH/c1-2-11-4-3-6-15(9-11)13(16)8-12-10-17-7-5-14-12;/h11-12,14H,2-10H2,1H3;1H. The van der Waals surface area contributed by atoms with Crippen molar-refractivity contribution in [3.63, 3.8) is 0 Å². The molecule has 1 N–H and O–H groups in total. The van der Waals surface area contributed by atoms with Crippen molar-refractivity contribution in [3.8, 4) is 0 Å². The van der Waals surface area contributed by atoms with E-state index in [0.29, 0.717) is 24.9 Å². The number of piperidine rings is 1. The van der Waals surface area contributed by atoms with Gasteiger partial charge in [-0.15, -0.1) is 12.4 Å². The molecular formula is C13H25ClN2O2. The van der Waals surface area contributed by atoms with Gasteiger partial charge >= 0.3 is 0 Å².